The normalized spacial score (nSPS) is 17.1. The Morgan fingerprint density at radius 1 is 1.47 bits per heavy atom. The van der Waals surface area contributed by atoms with Crippen molar-refractivity contribution in [3.63, 3.8) is 0 Å². The summed E-state index contributed by atoms with van der Waals surface area (Å²) in [5, 5.41) is 12.6. The Kier molecular flexibility index (Phi) is 3.30. The first-order chi connectivity index (χ1) is 8.24. The number of hydrogen-bond donors (Lipinski definition) is 4. The molecular weight excluding hydrogens is 222 g/mol. The van der Waals surface area contributed by atoms with Crippen LogP contribution in [0.5, 0.6) is 5.75 Å². The van der Waals surface area contributed by atoms with Crippen LogP contribution in [-0.4, -0.2) is 34.3 Å². The van der Waals surface area contributed by atoms with Crippen LogP contribution in [0.4, 0.5) is 11.6 Å². The zero-order chi connectivity index (χ0) is 12.3. The van der Waals surface area contributed by atoms with Gasteiger partial charge in [0.05, 0.1) is 19.3 Å². The van der Waals surface area contributed by atoms with Gasteiger partial charge in [-0.1, -0.05) is 0 Å². The summed E-state index contributed by atoms with van der Waals surface area (Å²) in [6.07, 6.45) is 4.33. The molecule has 0 aromatic carbocycles. The summed E-state index contributed by atoms with van der Waals surface area (Å²) in [6, 6.07) is 0. The first-order valence-electron chi connectivity index (χ1n) is 5.49. The van der Waals surface area contributed by atoms with Gasteiger partial charge in [-0.3, -0.25) is 0 Å². The van der Waals surface area contributed by atoms with Crippen molar-refractivity contribution < 1.29 is 9.84 Å². The Morgan fingerprint density at radius 2 is 2.18 bits per heavy atom. The molecule has 2 rings (SSSR count). The molecule has 0 unspecified atom stereocenters. The molecule has 1 aliphatic rings. The number of nitrogens with one attached hydrogen (secondary N) is 2. The van der Waals surface area contributed by atoms with Crippen molar-refractivity contribution in [2.45, 2.75) is 24.8 Å². The molecule has 5 N–H and O–H groups in total. The van der Waals surface area contributed by atoms with E-state index < -0.39 is 0 Å². The fraction of sp³-hybridized carbons (Fsp3) is 0.600. The molecule has 0 amide bonds. The number of nitrogens with two attached hydrogens (primary N) is 1. The van der Waals surface area contributed by atoms with Crippen LogP contribution in [0.25, 0.3) is 0 Å². The van der Waals surface area contributed by atoms with Gasteiger partial charge in [-0.15, -0.1) is 0 Å². The molecule has 7 heteroatoms. The molecule has 1 fully saturated rings. The molecule has 17 heavy (non-hydrogen) atoms. The number of aliphatic hydroxyl groups is 1. The Morgan fingerprint density at radius 3 is 2.65 bits per heavy atom. The van der Waals surface area contributed by atoms with Crippen molar-refractivity contribution >= 4 is 11.6 Å². The molecule has 1 aromatic heterocycles. The Balaban J connectivity index is 2.25. The average molecular weight is 239 g/mol. The van der Waals surface area contributed by atoms with Crippen LogP contribution >= 0.6 is 0 Å². The van der Waals surface area contributed by atoms with E-state index in [1.54, 1.807) is 0 Å². The second-order valence-corrected chi connectivity index (χ2v) is 4.17. The number of nitrogens with zero attached hydrogens (tertiary/aromatic N) is 2. The standard InChI is InChI=1S/C10H17N5O2/c1-17-7-8(12-6-13-9(7)15-11)14-10(5-16)3-2-4-10/h6,16H,2-5,11H2,1H3,(H2,12,13,14,15). The molecule has 94 valence electrons. The molecule has 0 atom stereocenters. The van der Waals surface area contributed by atoms with E-state index in [9.17, 15) is 5.11 Å². The van der Waals surface area contributed by atoms with Crippen molar-refractivity contribution in [1.82, 2.24) is 9.97 Å². The predicted molar refractivity (Wildman–Crippen MR) is 63.7 cm³/mol. The van der Waals surface area contributed by atoms with Crippen LogP contribution in [-0.2, 0) is 0 Å². The summed E-state index contributed by atoms with van der Waals surface area (Å²) in [5.74, 6) is 6.75. The molecule has 7 nitrogen and oxygen atoms in total. The van der Waals surface area contributed by atoms with E-state index in [0.29, 0.717) is 17.4 Å². The molecule has 1 aromatic rings. The van der Waals surface area contributed by atoms with Crippen LogP contribution in [0.3, 0.4) is 0 Å². The van der Waals surface area contributed by atoms with Gasteiger partial charge in [-0.05, 0) is 19.3 Å². The van der Waals surface area contributed by atoms with E-state index in [1.165, 1.54) is 13.4 Å². The number of aliphatic hydroxyl groups excluding tert-OH is 1. The lowest BCUT2D eigenvalue weighted by Crippen LogP contribution is -2.48. The van der Waals surface area contributed by atoms with Crippen LogP contribution in [0.2, 0.25) is 0 Å². The van der Waals surface area contributed by atoms with Crippen molar-refractivity contribution in [1.29, 1.82) is 0 Å². The van der Waals surface area contributed by atoms with Gasteiger partial charge >= 0.3 is 0 Å². The summed E-state index contributed by atoms with van der Waals surface area (Å²) in [6.45, 7) is 0.0749. The van der Waals surface area contributed by atoms with Crippen LogP contribution in [0.1, 0.15) is 19.3 Å². The highest BCUT2D eigenvalue weighted by molar-refractivity contribution is 5.64. The van der Waals surface area contributed by atoms with Gasteiger partial charge in [0.2, 0.25) is 5.75 Å². The smallest absolute Gasteiger partial charge is 0.205 e. The molecule has 0 bridgehead atoms. The predicted octanol–water partition coefficient (Wildman–Crippen LogP) is 0.0977. The quantitative estimate of drug-likeness (QED) is 0.426. The Labute approximate surface area is 99.4 Å². The molecular formula is C10H17N5O2. The summed E-state index contributed by atoms with van der Waals surface area (Å²) < 4.78 is 5.21. The van der Waals surface area contributed by atoms with Crippen LogP contribution in [0, 0.1) is 0 Å². The van der Waals surface area contributed by atoms with Gasteiger partial charge < -0.3 is 20.6 Å². The van der Waals surface area contributed by atoms with E-state index in [0.717, 1.165) is 19.3 Å². The first-order valence-corrected chi connectivity index (χ1v) is 5.49. The number of hydrazine groups is 1. The van der Waals surface area contributed by atoms with E-state index in [-0.39, 0.29) is 12.1 Å². The van der Waals surface area contributed by atoms with E-state index in [1.807, 2.05) is 0 Å². The number of aromatic nitrogens is 2. The number of nitrogen functional groups attached to an aromatic ring is 1. The average Bonchev–Trinajstić information content (AvgIpc) is 2.33. The fourth-order valence-electron chi connectivity index (χ4n) is 1.94. The second-order valence-electron chi connectivity index (χ2n) is 4.17. The molecule has 1 saturated carbocycles. The van der Waals surface area contributed by atoms with Crippen molar-refractivity contribution in [2.24, 2.45) is 5.84 Å². The molecule has 0 radical (unpaired) electrons. The second kappa shape index (κ2) is 4.72. The SMILES string of the molecule is COc1c(NN)ncnc1NC1(CO)CCC1. The third-order valence-electron chi connectivity index (χ3n) is 3.14. The summed E-state index contributed by atoms with van der Waals surface area (Å²) in [7, 11) is 1.52. The van der Waals surface area contributed by atoms with Crippen LogP contribution < -0.4 is 21.3 Å². The zero-order valence-electron chi connectivity index (χ0n) is 9.73. The molecule has 0 aliphatic heterocycles. The highest BCUT2D eigenvalue weighted by atomic mass is 16.5. The van der Waals surface area contributed by atoms with Gasteiger partial charge in [0.25, 0.3) is 0 Å². The lowest BCUT2D eigenvalue weighted by atomic mass is 9.77. The largest absolute Gasteiger partial charge is 0.490 e. The summed E-state index contributed by atoms with van der Waals surface area (Å²) >= 11 is 0. The minimum atomic E-state index is -0.284. The number of rotatable bonds is 5. The van der Waals surface area contributed by atoms with E-state index >= 15 is 0 Å². The number of hydrogen-bond acceptors (Lipinski definition) is 7. The van der Waals surface area contributed by atoms with E-state index in [4.69, 9.17) is 10.6 Å². The highest BCUT2D eigenvalue weighted by Crippen LogP contribution is 2.38. The minimum absolute atomic E-state index is 0.0749. The van der Waals surface area contributed by atoms with Crippen molar-refractivity contribution in [3.05, 3.63) is 6.33 Å². The minimum Gasteiger partial charge on any atom is -0.490 e. The maximum atomic E-state index is 9.40. The molecule has 1 heterocycles. The maximum absolute atomic E-state index is 9.40. The number of methoxy groups -OCH3 is 1. The van der Waals surface area contributed by atoms with E-state index in [2.05, 4.69) is 20.7 Å². The summed E-state index contributed by atoms with van der Waals surface area (Å²) in [4.78, 5) is 8.07. The lowest BCUT2D eigenvalue weighted by Gasteiger charge is -2.41. The maximum Gasteiger partial charge on any atom is 0.205 e. The molecule has 1 aliphatic carbocycles. The molecule has 0 spiro atoms. The van der Waals surface area contributed by atoms with Crippen molar-refractivity contribution in [3.8, 4) is 5.75 Å². The third kappa shape index (κ3) is 2.11. The Hall–Kier alpha value is -1.60. The third-order valence-corrected chi connectivity index (χ3v) is 3.14. The lowest BCUT2D eigenvalue weighted by molar-refractivity contribution is 0.143. The molecule has 0 saturated heterocycles. The number of anilines is 2. The van der Waals surface area contributed by atoms with Crippen molar-refractivity contribution in [2.75, 3.05) is 24.5 Å². The van der Waals surface area contributed by atoms with Gasteiger partial charge in [-0.25, -0.2) is 15.8 Å². The fourth-order valence-corrected chi connectivity index (χ4v) is 1.94. The van der Waals surface area contributed by atoms with Gasteiger partial charge in [0.15, 0.2) is 11.6 Å². The monoisotopic (exact) mass is 239 g/mol. The number of ether oxygens (including phenoxy) is 1. The van der Waals surface area contributed by atoms with Gasteiger partial charge in [0, 0.05) is 0 Å². The zero-order valence-corrected chi connectivity index (χ0v) is 9.73. The topological polar surface area (TPSA) is 105 Å². The Bertz CT molecular complexity index is 389. The van der Waals surface area contributed by atoms with Gasteiger partial charge in [0.1, 0.15) is 6.33 Å². The van der Waals surface area contributed by atoms with Crippen LogP contribution in [0.15, 0.2) is 6.33 Å². The van der Waals surface area contributed by atoms with Gasteiger partial charge in [-0.2, -0.15) is 0 Å². The first kappa shape index (κ1) is 11.9. The highest BCUT2D eigenvalue weighted by Gasteiger charge is 2.37. The summed E-state index contributed by atoms with van der Waals surface area (Å²) in [5.41, 5.74) is 2.16.